The Morgan fingerprint density at radius 3 is 1.89 bits per heavy atom. The maximum atomic E-state index is 9.40. The molecule has 0 saturated carbocycles. The van der Waals surface area contributed by atoms with Crippen molar-refractivity contribution in [2.75, 3.05) is 6.26 Å². The van der Waals surface area contributed by atoms with Gasteiger partial charge in [-0.3, -0.25) is 0 Å². The number of benzene rings is 1. The largest absolute Gasteiger partial charge is 0.229 e. The van der Waals surface area contributed by atoms with Gasteiger partial charge in [-0.25, -0.2) is 8.42 Å². The highest BCUT2D eigenvalue weighted by molar-refractivity contribution is 8.13. The van der Waals surface area contributed by atoms with Crippen LogP contribution in [0.25, 0.3) is 12.2 Å². The molecule has 0 aliphatic heterocycles. The van der Waals surface area contributed by atoms with Gasteiger partial charge in [-0.1, -0.05) is 62.9 Å². The van der Waals surface area contributed by atoms with Crippen LogP contribution < -0.4 is 0 Å². The van der Waals surface area contributed by atoms with E-state index >= 15 is 0 Å². The highest BCUT2D eigenvalue weighted by Gasteiger charge is 1.90. The summed E-state index contributed by atoms with van der Waals surface area (Å²) in [6.07, 6.45) is 6.91. The van der Waals surface area contributed by atoms with Crippen LogP contribution in [-0.2, 0) is 9.05 Å². The Kier molecular flexibility index (Phi) is 11.8. The average molecular weight is 289 g/mol. The van der Waals surface area contributed by atoms with Crippen molar-refractivity contribution in [1.29, 1.82) is 0 Å². The van der Waals surface area contributed by atoms with Crippen molar-refractivity contribution in [3.05, 3.63) is 48.0 Å². The molecule has 4 heteroatoms. The molecule has 0 heterocycles. The van der Waals surface area contributed by atoms with Gasteiger partial charge in [0.2, 0.25) is 9.05 Å². The molecule has 2 nitrogen and oxygen atoms in total. The third-order valence-electron chi connectivity index (χ3n) is 1.56. The summed E-state index contributed by atoms with van der Waals surface area (Å²) < 4.78 is 18.8. The van der Waals surface area contributed by atoms with Crippen LogP contribution in [0, 0.1) is 0 Å². The van der Waals surface area contributed by atoms with E-state index in [1.165, 1.54) is 11.1 Å². The SMILES string of the molecule is C=Cc1ccccc1/C=C\C.CC.CS(=O)(=O)Cl. The molecule has 1 aromatic carbocycles. The fraction of sp³-hybridized carbons (Fsp3) is 0.286. The smallest absolute Gasteiger partial charge is 0.213 e. The van der Waals surface area contributed by atoms with Gasteiger partial charge in [0.1, 0.15) is 0 Å². The fourth-order valence-corrected chi connectivity index (χ4v) is 1.03. The number of rotatable bonds is 2. The summed E-state index contributed by atoms with van der Waals surface area (Å²) >= 11 is 0. The zero-order valence-electron chi connectivity index (χ0n) is 11.4. The molecule has 0 bridgehead atoms. The van der Waals surface area contributed by atoms with Gasteiger partial charge in [0.15, 0.2) is 0 Å². The first kappa shape index (κ1) is 19.3. The first-order valence-electron chi connectivity index (χ1n) is 5.62. The Balaban J connectivity index is 0. The van der Waals surface area contributed by atoms with Crippen LogP contribution in [0.5, 0.6) is 0 Å². The van der Waals surface area contributed by atoms with E-state index in [-0.39, 0.29) is 0 Å². The molecule has 0 fully saturated rings. The number of allylic oxidation sites excluding steroid dienone is 1. The Hall–Kier alpha value is -1.06. The van der Waals surface area contributed by atoms with Gasteiger partial charge in [0.05, 0.1) is 6.26 Å². The van der Waals surface area contributed by atoms with Crippen LogP contribution in [0.2, 0.25) is 0 Å². The third kappa shape index (κ3) is 13.0. The van der Waals surface area contributed by atoms with Crippen molar-refractivity contribution >= 4 is 31.9 Å². The summed E-state index contributed by atoms with van der Waals surface area (Å²) in [5.74, 6) is 0. The van der Waals surface area contributed by atoms with Crippen molar-refractivity contribution in [2.24, 2.45) is 0 Å². The van der Waals surface area contributed by atoms with E-state index in [4.69, 9.17) is 0 Å². The van der Waals surface area contributed by atoms with Gasteiger partial charge < -0.3 is 0 Å². The lowest BCUT2D eigenvalue weighted by Crippen LogP contribution is -1.76. The summed E-state index contributed by atoms with van der Waals surface area (Å²) in [6.45, 7) is 9.75. The molecule has 0 saturated heterocycles. The topological polar surface area (TPSA) is 34.1 Å². The van der Waals surface area contributed by atoms with Crippen molar-refractivity contribution in [3.63, 3.8) is 0 Å². The summed E-state index contributed by atoms with van der Waals surface area (Å²) in [7, 11) is 1.31. The van der Waals surface area contributed by atoms with Crippen LogP contribution in [0.3, 0.4) is 0 Å². The molecule has 0 aliphatic carbocycles. The second-order valence-corrected chi connectivity index (χ2v) is 6.06. The van der Waals surface area contributed by atoms with Crippen LogP contribution in [-0.4, -0.2) is 14.7 Å². The highest BCUT2D eigenvalue weighted by Crippen LogP contribution is 2.11. The lowest BCUT2D eigenvalue weighted by atomic mass is 10.1. The minimum absolute atomic E-state index is 0.925. The van der Waals surface area contributed by atoms with Gasteiger partial charge in [-0.05, 0) is 18.1 Å². The zero-order chi connectivity index (χ0) is 14.6. The van der Waals surface area contributed by atoms with Gasteiger partial charge in [-0.2, -0.15) is 0 Å². The number of hydrogen-bond donors (Lipinski definition) is 0. The van der Waals surface area contributed by atoms with E-state index in [1.54, 1.807) is 0 Å². The second-order valence-electron chi connectivity index (χ2n) is 3.01. The lowest BCUT2D eigenvalue weighted by molar-refractivity contribution is 0.615. The van der Waals surface area contributed by atoms with Crippen molar-refractivity contribution < 1.29 is 8.42 Å². The minimum Gasteiger partial charge on any atom is -0.213 e. The molecule has 0 radical (unpaired) electrons. The van der Waals surface area contributed by atoms with Gasteiger partial charge >= 0.3 is 0 Å². The highest BCUT2D eigenvalue weighted by atomic mass is 35.7. The van der Waals surface area contributed by atoms with Crippen LogP contribution in [0.1, 0.15) is 31.9 Å². The standard InChI is InChI=1S/C11H12.C2H6.CH3ClO2S/c1-3-7-11-9-6-5-8-10(11)4-2;1-2;1-5(2,3)4/h3-9H,2H2,1H3;1-2H3;1H3/b7-3-;;. The average Bonchev–Trinajstić information content (AvgIpc) is 2.31. The van der Waals surface area contributed by atoms with E-state index in [0.717, 1.165) is 6.26 Å². The summed E-state index contributed by atoms with van der Waals surface area (Å²) in [5, 5.41) is 0. The molecule has 102 valence electrons. The van der Waals surface area contributed by atoms with Crippen molar-refractivity contribution in [2.45, 2.75) is 20.8 Å². The van der Waals surface area contributed by atoms with E-state index in [2.05, 4.69) is 35.5 Å². The van der Waals surface area contributed by atoms with Gasteiger partial charge in [0.25, 0.3) is 0 Å². The van der Waals surface area contributed by atoms with Crippen molar-refractivity contribution in [1.82, 2.24) is 0 Å². The molecule has 18 heavy (non-hydrogen) atoms. The van der Waals surface area contributed by atoms with Crippen LogP contribution in [0.4, 0.5) is 0 Å². The Morgan fingerprint density at radius 1 is 1.17 bits per heavy atom. The molecule has 0 spiro atoms. The molecular weight excluding hydrogens is 268 g/mol. The summed E-state index contributed by atoms with van der Waals surface area (Å²) in [5.41, 5.74) is 2.41. The van der Waals surface area contributed by atoms with Crippen LogP contribution >= 0.6 is 10.7 Å². The monoisotopic (exact) mass is 288 g/mol. The third-order valence-corrected chi connectivity index (χ3v) is 1.56. The second kappa shape index (κ2) is 11.1. The maximum absolute atomic E-state index is 9.40. The lowest BCUT2D eigenvalue weighted by Gasteiger charge is -1.97. The first-order valence-corrected chi connectivity index (χ1v) is 8.34. The Morgan fingerprint density at radius 2 is 1.56 bits per heavy atom. The molecule has 0 amide bonds. The molecule has 1 rings (SSSR count). The zero-order valence-corrected chi connectivity index (χ0v) is 12.9. The van der Waals surface area contributed by atoms with E-state index < -0.39 is 9.05 Å². The fourth-order valence-electron chi connectivity index (χ4n) is 1.03. The molecule has 0 aliphatic rings. The summed E-state index contributed by atoms with van der Waals surface area (Å²) in [4.78, 5) is 0. The van der Waals surface area contributed by atoms with Crippen LogP contribution in [0.15, 0.2) is 36.9 Å². The predicted octanol–water partition coefficient (Wildman–Crippen LogP) is 4.57. The summed E-state index contributed by atoms with van der Waals surface area (Å²) in [6, 6.07) is 8.19. The quantitative estimate of drug-likeness (QED) is 0.747. The van der Waals surface area contributed by atoms with E-state index in [9.17, 15) is 8.42 Å². The molecule has 0 N–H and O–H groups in total. The normalized spacial score (nSPS) is 9.83. The predicted molar refractivity (Wildman–Crippen MR) is 83.3 cm³/mol. The molecular formula is C14H21ClO2S. The first-order chi connectivity index (χ1) is 8.38. The van der Waals surface area contributed by atoms with Crippen molar-refractivity contribution in [3.8, 4) is 0 Å². The Labute approximate surface area is 115 Å². The van der Waals surface area contributed by atoms with Gasteiger partial charge in [-0.15, -0.1) is 0 Å². The van der Waals surface area contributed by atoms with E-state index in [1.807, 2.05) is 45.1 Å². The maximum Gasteiger partial charge on any atom is 0.229 e. The van der Waals surface area contributed by atoms with Gasteiger partial charge in [0, 0.05) is 10.7 Å². The Bertz CT molecular complexity index is 454. The molecule has 0 aromatic heterocycles. The van der Waals surface area contributed by atoms with E-state index in [0.29, 0.717) is 0 Å². The number of halogens is 1. The molecule has 0 unspecified atom stereocenters. The molecule has 0 atom stereocenters. The minimum atomic E-state index is -3.19. The molecule has 1 aromatic rings. The number of hydrogen-bond acceptors (Lipinski definition) is 2.